The molecule has 0 aliphatic heterocycles. The van der Waals surface area contributed by atoms with E-state index in [1.165, 1.54) is 6.33 Å². The fourth-order valence-corrected chi connectivity index (χ4v) is 3.58. The number of aromatic amines is 1. The number of amides is 1. The van der Waals surface area contributed by atoms with Crippen molar-refractivity contribution < 1.29 is 9.59 Å². The molecule has 7 heteroatoms. The molecule has 2 aromatic heterocycles. The minimum Gasteiger partial charge on any atom is -0.345 e. The normalized spacial score (nSPS) is 10.7. The standard InChI is InChI=1S/C26H19N5O2/c32-23(17-8-3-1-4-9-17)21-15-27-24-22(21)25(29-16-28-24)30-20-13-7-10-18(14-20)26(33)31-19-11-5-2-6-12-19/h1-16H,(H,31,33)(H2,27,28,29,30). The molecule has 33 heavy (non-hydrogen) atoms. The fourth-order valence-electron chi connectivity index (χ4n) is 3.58. The summed E-state index contributed by atoms with van der Waals surface area (Å²) >= 11 is 0. The number of carbonyl (C=O) groups is 2. The third kappa shape index (κ3) is 4.20. The van der Waals surface area contributed by atoms with Crippen LogP contribution in [0.2, 0.25) is 0 Å². The van der Waals surface area contributed by atoms with Gasteiger partial charge in [-0.2, -0.15) is 0 Å². The van der Waals surface area contributed by atoms with E-state index >= 15 is 0 Å². The monoisotopic (exact) mass is 433 g/mol. The topological polar surface area (TPSA) is 99.8 Å². The Balaban J connectivity index is 1.45. The van der Waals surface area contributed by atoms with Crippen molar-refractivity contribution in [3.63, 3.8) is 0 Å². The highest BCUT2D eigenvalue weighted by molar-refractivity contribution is 6.18. The van der Waals surface area contributed by atoms with Crippen molar-refractivity contribution in [2.75, 3.05) is 10.6 Å². The molecule has 0 saturated heterocycles. The molecular formula is C26H19N5O2. The van der Waals surface area contributed by atoms with Gasteiger partial charge in [-0.05, 0) is 30.3 Å². The Hall–Kier alpha value is -4.78. The first-order chi connectivity index (χ1) is 16.2. The van der Waals surface area contributed by atoms with Crippen LogP contribution >= 0.6 is 0 Å². The molecule has 0 unspecified atom stereocenters. The minimum absolute atomic E-state index is 0.129. The van der Waals surface area contributed by atoms with Gasteiger partial charge < -0.3 is 15.6 Å². The summed E-state index contributed by atoms with van der Waals surface area (Å²) in [5.74, 6) is 0.121. The molecule has 160 valence electrons. The summed E-state index contributed by atoms with van der Waals surface area (Å²) in [6.07, 6.45) is 3.06. The smallest absolute Gasteiger partial charge is 0.255 e. The van der Waals surface area contributed by atoms with Gasteiger partial charge in [0.05, 0.1) is 10.9 Å². The third-order valence-electron chi connectivity index (χ3n) is 5.17. The van der Waals surface area contributed by atoms with E-state index in [0.717, 1.165) is 5.69 Å². The van der Waals surface area contributed by atoms with Crippen LogP contribution in [0, 0.1) is 0 Å². The zero-order valence-electron chi connectivity index (χ0n) is 17.4. The summed E-state index contributed by atoms with van der Waals surface area (Å²) in [6, 6.07) is 25.4. The third-order valence-corrected chi connectivity index (χ3v) is 5.17. The average Bonchev–Trinajstić information content (AvgIpc) is 3.30. The Morgan fingerprint density at radius 2 is 1.45 bits per heavy atom. The van der Waals surface area contributed by atoms with E-state index in [1.54, 1.807) is 36.5 Å². The lowest BCUT2D eigenvalue weighted by atomic mass is 10.0. The van der Waals surface area contributed by atoms with Gasteiger partial charge in [-0.25, -0.2) is 9.97 Å². The quantitative estimate of drug-likeness (QED) is 0.320. The fraction of sp³-hybridized carbons (Fsp3) is 0. The van der Waals surface area contributed by atoms with Crippen molar-refractivity contribution in [2.24, 2.45) is 0 Å². The van der Waals surface area contributed by atoms with Crippen molar-refractivity contribution in [1.29, 1.82) is 0 Å². The van der Waals surface area contributed by atoms with Gasteiger partial charge in [0.25, 0.3) is 5.91 Å². The van der Waals surface area contributed by atoms with Gasteiger partial charge in [-0.3, -0.25) is 9.59 Å². The molecule has 0 fully saturated rings. The van der Waals surface area contributed by atoms with E-state index in [4.69, 9.17) is 0 Å². The first kappa shape index (κ1) is 20.1. The summed E-state index contributed by atoms with van der Waals surface area (Å²) in [4.78, 5) is 37.4. The van der Waals surface area contributed by atoms with Crippen LogP contribution in [-0.2, 0) is 0 Å². The number of nitrogens with zero attached hydrogens (tertiary/aromatic N) is 2. The highest BCUT2D eigenvalue weighted by atomic mass is 16.1. The summed E-state index contributed by atoms with van der Waals surface area (Å²) < 4.78 is 0. The summed E-state index contributed by atoms with van der Waals surface area (Å²) in [6.45, 7) is 0. The van der Waals surface area contributed by atoms with Gasteiger partial charge in [0.1, 0.15) is 17.8 Å². The number of anilines is 3. The lowest BCUT2D eigenvalue weighted by Gasteiger charge is -2.10. The second-order valence-electron chi connectivity index (χ2n) is 7.37. The molecule has 0 radical (unpaired) electrons. The number of hydrogen-bond donors (Lipinski definition) is 3. The Labute approximate surface area is 189 Å². The maximum Gasteiger partial charge on any atom is 0.255 e. The van der Waals surface area contributed by atoms with Gasteiger partial charge in [0.2, 0.25) is 0 Å². The summed E-state index contributed by atoms with van der Waals surface area (Å²) in [5, 5.41) is 6.70. The van der Waals surface area contributed by atoms with Crippen LogP contribution < -0.4 is 10.6 Å². The van der Waals surface area contributed by atoms with Gasteiger partial charge >= 0.3 is 0 Å². The van der Waals surface area contributed by atoms with E-state index < -0.39 is 0 Å². The van der Waals surface area contributed by atoms with Crippen molar-refractivity contribution in [2.45, 2.75) is 0 Å². The summed E-state index contributed by atoms with van der Waals surface area (Å²) in [5.41, 5.74) is 3.46. The number of benzene rings is 3. The zero-order valence-corrected chi connectivity index (χ0v) is 17.4. The SMILES string of the molecule is O=C(Nc1ccccc1)c1cccc(Nc2ncnc3[nH]cc(C(=O)c4ccccc4)c23)c1. The lowest BCUT2D eigenvalue weighted by molar-refractivity contribution is 0.102. The number of ketones is 1. The Kier molecular flexibility index (Phi) is 5.35. The highest BCUT2D eigenvalue weighted by Crippen LogP contribution is 2.28. The lowest BCUT2D eigenvalue weighted by Crippen LogP contribution is -2.12. The second-order valence-corrected chi connectivity index (χ2v) is 7.37. The highest BCUT2D eigenvalue weighted by Gasteiger charge is 2.18. The first-order valence-electron chi connectivity index (χ1n) is 10.3. The van der Waals surface area contributed by atoms with Crippen LogP contribution in [-0.4, -0.2) is 26.6 Å². The predicted molar refractivity (Wildman–Crippen MR) is 128 cm³/mol. The number of carbonyl (C=O) groups excluding carboxylic acids is 2. The van der Waals surface area contributed by atoms with Crippen LogP contribution in [0.4, 0.5) is 17.2 Å². The van der Waals surface area contributed by atoms with E-state index in [1.807, 2.05) is 54.6 Å². The first-order valence-corrected chi connectivity index (χ1v) is 10.3. The minimum atomic E-state index is -0.223. The van der Waals surface area contributed by atoms with E-state index in [-0.39, 0.29) is 11.7 Å². The number of aromatic nitrogens is 3. The molecular weight excluding hydrogens is 414 g/mol. The van der Waals surface area contributed by atoms with Crippen LogP contribution in [0.1, 0.15) is 26.3 Å². The van der Waals surface area contributed by atoms with E-state index in [2.05, 4.69) is 25.6 Å². The van der Waals surface area contributed by atoms with Crippen LogP contribution in [0.15, 0.2) is 97.5 Å². The van der Waals surface area contributed by atoms with Gasteiger partial charge in [0.15, 0.2) is 5.78 Å². The van der Waals surface area contributed by atoms with Crippen LogP contribution in [0.25, 0.3) is 11.0 Å². The van der Waals surface area contributed by atoms with E-state index in [0.29, 0.717) is 39.2 Å². The van der Waals surface area contributed by atoms with Gasteiger partial charge in [-0.15, -0.1) is 0 Å². The van der Waals surface area contributed by atoms with Gasteiger partial charge in [0, 0.05) is 28.7 Å². The molecule has 0 saturated carbocycles. The molecule has 0 atom stereocenters. The van der Waals surface area contributed by atoms with Gasteiger partial charge in [-0.1, -0.05) is 54.6 Å². The van der Waals surface area contributed by atoms with E-state index in [9.17, 15) is 9.59 Å². The predicted octanol–water partition coefficient (Wildman–Crippen LogP) is 5.18. The number of fused-ring (bicyclic) bond motifs is 1. The molecule has 7 nitrogen and oxygen atoms in total. The Bertz CT molecular complexity index is 1450. The Morgan fingerprint density at radius 3 is 2.24 bits per heavy atom. The van der Waals surface area contributed by atoms with Crippen molar-refractivity contribution in [3.05, 3.63) is 114 Å². The molecule has 0 bridgehead atoms. The molecule has 0 spiro atoms. The summed E-state index contributed by atoms with van der Waals surface area (Å²) in [7, 11) is 0. The molecule has 3 N–H and O–H groups in total. The molecule has 5 aromatic rings. The number of hydrogen-bond acceptors (Lipinski definition) is 5. The van der Waals surface area contributed by atoms with Crippen molar-refractivity contribution >= 4 is 39.9 Å². The van der Waals surface area contributed by atoms with Crippen LogP contribution in [0.3, 0.4) is 0 Å². The van der Waals surface area contributed by atoms with Crippen LogP contribution in [0.5, 0.6) is 0 Å². The molecule has 2 heterocycles. The maximum absolute atomic E-state index is 13.1. The molecule has 0 aliphatic carbocycles. The second kappa shape index (κ2) is 8.76. The van der Waals surface area contributed by atoms with Crippen molar-refractivity contribution in [1.82, 2.24) is 15.0 Å². The molecule has 1 amide bonds. The number of H-pyrrole nitrogens is 1. The van der Waals surface area contributed by atoms with Crippen molar-refractivity contribution in [3.8, 4) is 0 Å². The molecule has 5 rings (SSSR count). The largest absolute Gasteiger partial charge is 0.345 e. The maximum atomic E-state index is 13.1. The molecule has 0 aliphatic rings. The number of para-hydroxylation sites is 1. The Morgan fingerprint density at radius 1 is 0.758 bits per heavy atom. The number of rotatable bonds is 6. The molecule has 3 aromatic carbocycles. The number of nitrogens with one attached hydrogen (secondary N) is 3. The average molecular weight is 433 g/mol. The zero-order chi connectivity index (χ0) is 22.6.